The second-order valence-corrected chi connectivity index (χ2v) is 4.25. The van der Waals surface area contributed by atoms with Crippen molar-refractivity contribution in [2.24, 2.45) is 7.05 Å². The summed E-state index contributed by atoms with van der Waals surface area (Å²) in [4.78, 5) is 10.1. The monoisotopic (exact) mass is 246 g/mol. The summed E-state index contributed by atoms with van der Waals surface area (Å²) in [6.45, 7) is 0. The minimum atomic E-state index is -0.590. The first-order valence-electron chi connectivity index (χ1n) is 5.59. The molecule has 1 atom stereocenters. The fourth-order valence-electron chi connectivity index (χ4n) is 1.82. The van der Waals surface area contributed by atoms with Crippen molar-refractivity contribution in [3.63, 3.8) is 0 Å². The maximum atomic E-state index is 10.5. The molecule has 0 spiro atoms. The fraction of sp³-hybridized carbons (Fsp3) is 0.231. The standard InChI is InChI=1S/C13H14N2O3/c1-14-7-6-11(9-14)13(16)8-10-2-4-12(5-3-10)15(17)18/h2-7,9,13,16H,8H2,1H3. The first-order valence-corrected chi connectivity index (χ1v) is 5.59. The van der Waals surface area contributed by atoms with E-state index in [9.17, 15) is 15.2 Å². The third-order valence-electron chi connectivity index (χ3n) is 2.82. The molecular formula is C13H14N2O3. The van der Waals surface area contributed by atoms with Crippen LogP contribution in [0.3, 0.4) is 0 Å². The van der Waals surface area contributed by atoms with Gasteiger partial charge in [0.05, 0.1) is 11.0 Å². The highest BCUT2D eigenvalue weighted by molar-refractivity contribution is 5.33. The number of aromatic nitrogens is 1. The van der Waals surface area contributed by atoms with E-state index in [0.717, 1.165) is 11.1 Å². The molecule has 1 heterocycles. The molecule has 94 valence electrons. The van der Waals surface area contributed by atoms with Gasteiger partial charge in [-0.2, -0.15) is 0 Å². The van der Waals surface area contributed by atoms with E-state index in [-0.39, 0.29) is 5.69 Å². The van der Waals surface area contributed by atoms with Crippen LogP contribution in [0.15, 0.2) is 42.7 Å². The summed E-state index contributed by atoms with van der Waals surface area (Å²) in [6.07, 6.45) is 3.58. The van der Waals surface area contributed by atoms with Crippen LogP contribution in [0.1, 0.15) is 17.2 Å². The van der Waals surface area contributed by atoms with Gasteiger partial charge in [0.25, 0.3) is 5.69 Å². The first kappa shape index (κ1) is 12.3. The lowest BCUT2D eigenvalue weighted by Crippen LogP contribution is -2.01. The Morgan fingerprint density at radius 1 is 1.33 bits per heavy atom. The smallest absolute Gasteiger partial charge is 0.269 e. The largest absolute Gasteiger partial charge is 0.388 e. The number of aliphatic hydroxyl groups excluding tert-OH is 1. The number of benzene rings is 1. The highest BCUT2D eigenvalue weighted by Crippen LogP contribution is 2.20. The molecule has 1 aromatic carbocycles. The number of nitro groups is 1. The van der Waals surface area contributed by atoms with Crippen LogP contribution in [0.2, 0.25) is 0 Å². The van der Waals surface area contributed by atoms with E-state index >= 15 is 0 Å². The van der Waals surface area contributed by atoms with Crippen LogP contribution >= 0.6 is 0 Å². The number of rotatable bonds is 4. The Bertz CT molecular complexity index is 546. The second kappa shape index (κ2) is 5.01. The van der Waals surface area contributed by atoms with Gasteiger partial charge in [-0.05, 0) is 17.2 Å². The van der Waals surface area contributed by atoms with E-state index in [2.05, 4.69) is 0 Å². The molecule has 0 aliphatic heterocycles. The van der Waals surface area contributed by atoms with Crippen LogP contribution in [0, 0.1) is 10.1 Å². The van der Waals surface area contributed by atoms with E-state index in [1.54, 1.807) is 12.1 Å². The van der Waals surface area contributed by atoms with E-state index in [1.807, 2.05) is 30.1 Å². The summed E-state index contributed by atoms with van der Waals surface area (Å²) in [6, 6.07) is 8.10. The molecule has 5 heteroatoms. The number of nitrogens with zero attached hydrogens (tertiary/aromatic N) is 2. The van der Waals surface area contributed by atoms with Gasteiger partial charge in [0.2, 0.25) is 0 Å². The van der Waals surface area contributed by atoms with Gasteiger partial charge in [-0.3, -0.25) is 10.1 Å². The van der Waals surface area contributed by atoms with Gasteiger partial charge >= 0.3 is 0 Å². The summed E-state index contributed by atoms with van der Waals surface area (Å²) in [7, 11) is 1.89. The third-order valence-corrected chi connectivity index (χ3v) is 2.82. The molecule has 18 heavy (non-hydrogen) atoms. The Hall–Kier alpha value is -2.14. The molecule has 2 rings (SSSR count). The van der Waals surface area contributed by atoms with E-state index in [1.165, 1.54) is 12.1 Å². The minimum absolute atomic E-state index is 0.0629. The number of hydrogen-bond acceptors (Lipinski definition) is 3. The topological polar surface area (TPSA) is 68.3 Å². The van der Waals surface area contributed by atoms with E-state index < -0.39 is 11.0 Å². The van der Waals surface area contributed by atoms with Crippen molar-refractivity contribution >= 4 is 5.69 Å². The van der Waals surface area contributed by atoms with Crippen LogP contribution in [-0.2, 0) is 13.5 Å². The van der Waals surface area contributed by atoms with E-state index in [4.69, 9.17) is 0 Å². The van der Waals surface area contributed by atoms with Gasteiger partial charge in [-0.25, -0.2) is 0 Å². The number of aliphatic hydroxyl groups is 1. The lowest BCUT2D eigenvalue weighted by Gasteiger charge is -2.08. The van der Waals surface area contributed by atoms with Crippen LogP contribution in [0.4, 0.5) is 5.69 Å². The van der Waals surface area contributed by atoms with Crippen molar-refractivity contribution in [3.05, 3.63) is 64.0 Å². The Morgan fingerprint density at radius 2 is 2.00 bits per heavy atom. The Morgan fingerprint density at radius 3 is 2.50 bits per heavy atom. The highest BCUT2D eigenvalue weighted by atomic mass is 16.6. The number of aryl methyl sites for hydroxylation is 1. The van der Waals surface area contributed by atoms with E-state index in [0.29, 0.717) is 6.42 Å². The van der Waals surface area contributed by atoms with Crippen molar-refractivity contribution in [2.75, 3.05) is 0 Å². The van der Waals surface area contributed by atoms with Gasteiger partial charge in [0.15, 0.2) is 0 Å². The molecule has 0 radical (unpaired) electrons. The van der Waals surface area contributed by atoms with Crippen LogP contribution in [-0.4, -0.2) is 14.6 Å². The minimum Gasteiger partial charge on any atom is -0.388 e. The van der Waals surface area contributed by atoms with Crippen LogP contribution in [0.25, 0.3) is 0 Å². The van der Waals surface area contributed by atoms with Gasteiger partial charge in [0.1, 0.15) is 0 Å². The molecule has 1 N–H and O–H groups in total. The lowest BCUT2D eigenvalue weighted by molar-refractivity contribution is -0.384. The van der Waals surface area contributed by atoms with Crippen molar-refractivity contribution in [1.29, 1.82) is 0 Å². The average molecular weight is 246 g/mol. The predicted octanol–water partition coefficient (Wildman–Crippen LogP) is 2.21. The maximum absolute atomic E-state index is 10.5. The molecule has 1 aromatic heterocycles. The molecule has 0 bridgehead atoms. The van der Waals surface area contributed by atoms with Gasteiger partial charge in [-0.15, -0.1) is 0 Å². The Balaban J connectivity index is 2.07. The molecule has 5 nitrogen and oxygen atoms in total. The lowest BCUT2D eigenvalue weighted by atomic mass is 10.0. The summed E-state index contributed by atoms with van der Waals surface area (Å²) in [5, 5.41) is 20.5. The average Bonchev–Trinajstić information content (AvgIpc) is 2.76. The van der Waals surface area contributed by atoms with Gasteiger partial charge < -0.3 is 9.67 Å². The summed E-state index contributed by atoms with van der Waals surface area (Å²) >= 11 is 0. The summed E-state index contributed by atoms with van der Waals surface area (Å²) < 4.78 is 1.87. The molecule has 0 amide bonds. The first-order chi connectivity index (χ1) is 8.56. The Labute approximate surface area is 104 Å². The molecular weight excluding hydrogens is 232 g/mol. The Kier molecular flexibility index (Phi) is 3.43. The molecule has 0 saturated carbocycles. The van der Waals surface area contributed by atoms with Crippen molar-refractivity contribution < 1.29 is 10.0 Å². The summed E-state index contributed by atoms with van der Waals surface area (Å²) in [5.41, 5.74) is 1.78. The predicted molar refractivity (Wildman–Crippen MR) is 67.2 cm³/mol. The van der Waals surface area contributed by atoms with Crippen LogP contribution in [0.5, 0.6) is 0 Å². The van der Waals surface area contributed by atoms with Crippen LogP contribution < -0.4 is 0 Å². The van der Waals surface area contributed by atoms with Crippen molar-refractivity contribution in [3.8, 4) is 0 Å². The van der Waals surface area contributed by atoms with Gasteiger partial charge in [-0.1, -0.05) is 12.1 Å². The molecule has 0 saturated heterocycles. The van der Waals surface area contributed by atoms with Crippen molar-refractivity contribution in [1.82, 2.24) is 4.57 Å². The highest BCUT2D eigenvalue weighted by Gasteiger charge is 2.11. The second-order valence-electron chi connectivity index (χ2n) is 4.25. The number of hydrogen-bond donors (Lipinski definition) is 1. The zero-order valence-corrected chi connectivity index (χ0v) is 9.98. The maximum Gasteiger partial charge on any atom is 0.269 e. The number of non-ortho nitro benzene ring substituents is 1. The fourth-order valence-corrected chi connectivity index (χ4v) is 1.82. The zero-order valence-electron chi connectivity index (χ0n) is 9.98. The quantitative estimate of drug-likeness (QED) is 0.664. The molecule has 0 fully saturated rings. The zero-order chi connectivity index (χ0) is 13.1. The molecule has 0 aliphatic rings. The molecule has 2 aromatic rings. The third kappa shape index (κ3) is 2.75. The molecule has 0 aliphatic carbocycles. The van der Waals surface area contributed by atoms with Crippen molar-refractivity contribution in [2.45, 2.75) is 12.5 Å². The normalized spacial score (nSPS) is 12.3. The summed E-state index contributed by atoms with van der Waals surface area (Å²) in [5.74, 6) is 0. The SMILES string of the molecule is Cn1ccc(C(O)Cc2ccc([N+](=O)[O-])cc2)c1. The number of nitro benzene ring substituents is 1. The van der Waals surface area contributed by atoms with Gasteiger partial charge in [0, 0.05) is 38.0 Å². The molecule has 1 unspecified atom stereocenters.